The van der Waals surface area contributed by atoms with E-state index in [1.165, 1.54) is 0 Å². The van der Waals surface area contributed by atoms with Gasteiger partial charge in [0, 0.05) is 13.5 Å². The van der Waals surface area contributed by atoms with E-state index in [-0.39, 0.29) is 24.9 Å². The molecule has 47 heavy (non-hydrogen) atoms. The van der Waals surface area contributed by atoms with Gasteiger partial charge in [-0.1, -0.05) is 104 Å². The predicted octanol–water partition coefficient (Wildman–Crippen LogP) is 7.13. The molecular formula is C39H48O8. The van der Waals surface area contributed by atoms with E-state index in [1.54, 1.807) is 13.2 Å². The summed E-state index contributed by atoms with van der Waals surface area (Å²) in [6.07, 6.45) is 0.0357. The van der Waals surface area contributed by atoms with Crippen molar-refractivity contribution in [3.05, 3.63) is 133 Å². The van der Waals surface area contributed by atoms with Crippen molar-refractivity contribution in [3.8, 4) is 0 Å². The summed E-state index contributed by atoms with van der Waals surface area (Å²) in [5.41, 5.74) is 3.15. The summed E-state index contributed by atoms with van der Waals surface area (Å²) in [6, 6.07) is 30.1. The Kier molecular flexibility index (Phi) is 12.8. The molecule has 0 radical (unpaired) electrons. The fourth-order valence-electron chi connectivity index (χ4n) is 5.95. The van der Waals surface area contributed by atoms with E-state index in [4.69, 9.17) is 37.9 Å². The number of ether oxygens (including phenoxy) is 8. The zero-order chi connectivity index (χ0) is 33.1. The van der Waals surface area contributed by atoms with Gasteiger partial charge in [0.05, 0.1) is 38.3 Å². The Morgan fingerprint density at radius 3 is 1.98 bits per heavy atom. The number of allylic oxidation sites excluding steroid dienone is 1. The maximum absolute atomic E-state index is 6.60. The molecule has 0 aliphatic carbocycles. The molecule has 3 aromatic rings. The number of rotatable bonds is 19. The molecule has 7 atom stereocenters. The number of fused-ring (bicyclic) bond motifs is 1. The normalized spacial score (nSPS) is 23.5. The topological polar surface area (TPSA) is 73.8 Å². The van der Waals surface area contributed by atoms with E-state index < -0.39 is 30.4 Å². The lowest BCUT2D eigenvalue weighted by atomic mass is 10.0. The van der Waals surface area contributed by atoms with E-state index in [0.29, 0.717) is 38.4 Å². The largest absolute Gasteiger partial charge is 0.490 e. The van der Waals surface area contributed by atoms with E-state index in [9.17, 15) is 0 Å². The van der Waals surface area contributed by atoms with Crippen LogP contribution in [-0.4, -0.2) is 62.4 Å². The van der Waals surface area contributed by atoms with Crippen molar-refractivity contribution in [2.24, 2.45) is 0 Å². The van der Waals surface area contributed by atoms with Crippen LogP contribution in [-0.2, 0) is 57.7 Å². The van der Waals surface area contributed by atoms with Crippen LogP contribution in [0.15, 0.2) is 116 Å². The summed E-state index contributed by atoms with van der Waals surface area (Å²) >= 11 is 0. The van der Waals surface area contributed by atoms with Crippen LogP contribution >= 0.6 is 0 Å². The van der Waals surface area contributed by atoms with Gasteiger partial charge in [0.15, 0.2) is 18.2 Å². The highest BCUT2D eigenvalue weighted by Crippen LogP contribution is 2.40. The average Bonchev–Trinajstić information content (AvgIpc) is 3.56. The van der Waals surface area contributed by atoms with Gasteiger partial charge in [-0.2, -0.15) is 0 Å². The van der Waals surface area contributed by atoms with Gasteiger partial charge in [0.2, 0.25) is 0 Å². The number of hydrogen-bond donors (Lipinski definition) is 0. The van der Waals surface area contributed by atoms with Crippen molar-refractivity contribution in [1.29, 1.82) is 0 Å². The molecule has 0 spiro atoms. The van der Waals surface area contributed by atoms with E-state index in [0.717, 1.165) is 16.7 Å². The Hall–Kier alpha value is -3.34. The van der Waals surface area contributed by atoms with Crippen LogP contribution < -0.4 is 0 Å². The Labute approximate surface area is 279 Å². The maximum atomic E-state index is 6.60. The smallest absolute Gasteiger partial charge is 0.190 e. The summed E-state index contributed by atoms with van der Waals surface area (Å²) < 4.78 is 49.9. The standard InChI is InChI=1S/C39H48O8/c1-6-32(42-25-30-18-12-8-13-19-30)35(43-26-31-20-14-9-15-21-31)34(27-41-24-29-16-10-7-11-17-29)44-28(2)22-23-33-36(40-5)37-38(45-33)47-39(3,4)46-37/h6-21,32-38H,1-2,22-27H2,3-5H3/t32-,33-,34-,35+,36+,37-,38-/m1/s1. The van der Waals surface area contributed by atoms with Crippen LogP contribution in [0.25, 0.3) is 0 Å². The minimum absolute atomic E-state index is 0.237. The third-order valence-corrected chi connectivity index (χ3v) is 8.27. The van der Waals surface area contributed by atoms with Gasteiger partial charge in [-0.05, 0) is 37.0 Å². The first-order valence-corrected chi connectivity index (χ1v) is 16.3. The summed E-state index contributed by atoms with van der Waals surface area (Å²) in [5.74, 6) is -0.134. The highest BCUT2D eigenvalue weighted by Gasteiger charge is 2.54. The number of benzene rings is 3. The molecule has 8 nitrogen and oxygen atoms in total. The highest BCUT2D eigenvalue weighted by atomic mass is 16.8. The summed E-state index contributed by atoms with van der Waals surface area (Å²) in [6.45, 7) is 13.6. The van der Waals surface area contributed by atoms with Crippen molar-refractivity contribution in [1.82, 2.24) is 0 Å². The van der Waals surface area contributed by atoms with E-state index >= 15 is 0 Å². The predicted molar refractivity (Wildman–Crippen MR) is 179 cm³/mol. The third-order valence-electron chi connectivity index (χ3n) is 8.27. The lowest BCUT2D eigenvalue weighted by Crippen LogP contribution is -2.44. The van der Waals surface area contributed by atoms with Crippen LogP contribution in [0.5, 0.6) is 0 Å². The SMILES string of the molecule is C=C[C@@H](OCc1ccccc1)[C@H](OCc1ccccc1)[C@@H](COCc1ccccc1)OC(=C)CC[C@H]1O[C@@H]2OC(C)(C)O[C@@H]2[C@H]1OC. The summed E-state index contributed by atoms with van der Waals surface area (Å²) in [7, 11) is 1.67. The van der Waals surface area contributed by atoms with Crippen LogP contribution in [0, 0.1) is 0 Å². The molecule has 2 aliphatic heterocycles. The van der Waals surface area contributed by atoms with Crippen molar-refractivity contribution in [3.63, 3.8) is 0 Å². The molecule has 3 aromatic carbocycles. The second kappa shape index (κ2) is 17.2. The van der Waals surface area contributed by atoms with Crippen molar-refractivity contribution < 1.29 is 37.9 Å². The Morgan fingerprint density at radius 2 is 1.40 bits per heavy atom. The molecule has 2 heterocycles. The van der Waals surface area contributed by atoms with Crippen molar-refractivity contribution >= 4 is 0 Å². The summed E-state index contributed by atoms with van der Waals surface area (Å²) in [5, 5.41) is 0. The van der Waals surface area contributed by atoms with Crippen LogP contribution in [0.4, 0.5) is 0 Å². The van der Waals surface area contributed by atoms with Gasteiger partial charge in [-0.15, -0.1) is 6.58 Å². The Bertz CT molecular complexity index is 1370. The molecular weight excluding hydrogens is 596 g/mol. The molecule has 0 amide bonds. The molecule has 0 saturated carbocycles. The van der Waals surface area contributed by atoms with Crippen molar-refractivity contribution in [2.45, 2.75) is 95.2 Å². The second-order valence-corrected chi connectivity index (χ2v) is 12.3. The summed E-state index contributed by atoms with van der Waals surface area (Å²) in [4.78, 5) is 0. The molecule has 5 rings (SSSR count). The van der Waals surface area contributed by atoms with Gasteiger partial charge < -0.3 is 37.9 Å². The first kappa shape index (κ1) is 35.0. The second-order valence-electron chi connectivity index (χ2n) is 12.3. The zero-order valence-electron chi connectivity index (χ0n) is 27.7. The van der Waals surface area contributed by atoms with Crippen LogP contribution in [0.3, 0.4) is 0 Å². The minimum Gasteiger partial charge on any atom is -0.490 e. The van der Waals surface area contributed by atoms with Crippen LogP contribution in [0.2, 0.25) is 0 Å². The van der Waals surface area contributed by atoms with Gasteiger partial charge in [0.1, 0.15) is 24.4 Å². The molecule has 0 unspecified atom stereocenters. The van der Waals surface area contributed by atoms with Crippen LogP contribution in [0.1, 0.15) is 43.4 Å². The number of hydrogen-bond acceptors (Lipinski definition) is 8. The lowest BCUT2D eigenvalue weighted by molar-refractivity contribution is -0.217. The fraction of sp³-hybridized carbons (Fsp3) is 0.436. The maximum Gasteiger partial charge on any atom is 0.190 e. The van der Waals surface area contributed by atoms with Gasteiger partial charge in [0.25, 0.3) is 0 Å². The Morgan fingerprint density at radius 1 is 0.830 bits per heavy atom. The molecule has 0 N–H and O–H groups in total. The van der Waals surface area contributed by atoms with E-state index in [1.807, 2.05) is 105 Å². The first-order valence-electron chi connectivity index (χ1n) is 16.3. The van der Waals surface area contributed by atoms with Gasteiger partial charge >= 0.3 is 0 Å². The zero-order valence-corrected chi connectivity index (χ0v) is 27.7. The molecule has 2 saturated heterocycles. The quantitative estimate of drug-likeness (QED) is 0.101. The van der Waals surface area contributed by atoms with E-state index in [2.05, 4.69) is 13.2 Å². The van der Waals surface area contributed by atoms with Crippen molar-refractivity contribution in [2.75, 3.05) is 13.7 Å². The molecule has 0 bridgehead atoms. The highest BCUT2D eigenvalue weighted by molar-refractivity contribution is 5.15. The molecule has 2 aliphatic rings. The first-order chi connectivity index (χ1) is 22.8. The average molecular weight is 645 g/mol. The van der Waals surface area contributed by atoms with Gasteiger partial charge in [-0.25, -0.2) is 0 Å². The molecule has 252 valence electrons. The minimum atomic E-state index is -0.712. The fourth-order valence-corrected chi connectivity index (χ4v) is 5.95. The number of methoxy groups -OCH3 is 1. The molecule has 0 aromatic heterocycles. The monoisotopic (exact) mass is 644 g/mol. The molecule has 8 heteroatoms. The lowest BCUT2D eigenvalue weighted by Gasteiger charge is -2.33. The third kappa shape index (κ3) is 10.1. The Balaban J connectivity index is 1.29. The van der Waals surface area contributed by atoms with Gasteiger partial charge in [-0.3, -0.25) is 0 Å². The molecule has 2 fully saturated rings.